The highest BCUT2D eigenvalue weighted by molar-refractivity contribution is 7.20. The first-order valence-electron chi connectivity index (χ1n) is 8.54. The number of hydrogen-bond donors (Lipinski definition) is 1. The Bertz CT molecular complexity index is 963. The number of ether oxygens (including phenoxy) is 1. The van der Waals surface area contributed by atoms with Gasteiger partial charge in [-0.05, 0) is 37.1 Å². The van der Waals surface area contributed by atoms with Crippen molar-refractivity contribution in [2.24, 2.45) is 0 Å². The molecular formula is C19H20ClN3O3S. The second-order valence-electron chi connectivity index (χ2n) is 6.13. The molecule has 142 valence electrons. The Kier molecular flexibility index (Phi) is 6.13. The lowest BCUT2D eigenvalue weighted by Crippen LogP contribution is -2.24. The fourth-order valence-electron chi connectivity index (χ4n) is 2.72. The second-order valence-corrected chi connectivity index (χ2v) is 7.60. The van der Waals surface area contributed by atoms with E-state index in [0.717, 1.165) is 21.5 Å². The van der Waals surface area contributed by atoms with Crippen LogP contribution >= 0.6 is 22.9 Å². The molecule has 6 nitrogen and oxygen atoms in total. The topological polar surface area (TPSA) is 73.2 Å². The van der Waals surface area contributed by atoms with Crippen molar-refractivity contribution in [3.63, 3.8) is 0 Å². The maximum absolute atomic E-state index is 12.4. The maximum atomic E-state index is 12.4. The van der Waals surface area contributed by atoms with Crippen molar-refractivity contribution in [2.45, 2.75) is 26.3 Å². The SMILES string of the molecule is COC(=O)CCCNC(=O)c1cc2c(C)nn(Cc3ccc(Cl)cc3)c2s1. The third-order valence-corrected chi connectivity index (χ3v) is 5.55. The van der Waals surface area contributed by atoms with E-state index < -0.39 is 0 Å². The van der Waals surface area contributed by atoms with E-state index in [4.69, 9.17) is 11.6 Å². The first-order chi connectivity index (χ1) is 13.0. The van der Waals surface area contributed by atoms with Crippen LogP contribution in [-0.4, -0.2) is 35.3 Å². The van der Waals surface area contributed by atoms with Gasteiger partial charge in [0.15, 0.2) is 0 Å². The largest absolute Gasteiger partial charge is 0.469 e. The van der Waals surface area contributed by atoms with E-state index in [-0.39, 0.29) is 11.9 Å². The van der Waals surface area contributed by atoms with Crippen molar-refractivity contribution in [1.82, 2.24) is 15.1 Å². The van der Waals surface area contributed by atoms with E-state index in [0.29, 0.717) is 35.8 Å². The summed E-state index contributed by atoms with van der Waals surface area (Å²) in [7, 11) is 1.35. The molecule has 0 radical (unpaired) electrons. The van der Waals surface area contributed by atoms with Crippen LogP contribution in [0.4, 0.5) is 0 Å². The third-order valence-electron chi connectivity index (χ3n) is 4.15. The molecule has 8 heteroatoms. The highest BCUT2D eigenvalue weighted by atomic mass is 35.5. The van der Waals surface area contributed by atoms with Crippen LogP contribution in [0.3, 0.4) is 0 Å². The van der Waals surface area contributed by atoms with Crippen molar-refractivity contribution in [3.8, 4) is 0 Å². The number of methoxy groups -OCH3 is 1. The van der Waals surface area contributed by atoms with Crippen molar-refractivity contribution in [2.75, 3.05) is 13.7 Å². The quantitative estimate of drug-likeness (QED) is 0.479. The number of esters is 1. The molecule has 2 heterocycles. The number of carbonyl (C=O) groups excluding carboxylic acids is 2. The summed E-state index contributed by atoms with van der Waals surface area (Å²) in [4.78, 5) is 25.1. The van der Waals surface area contributed by atoms with Gasteiger partial charge in [0.2, 0.25) is 0 Å². The summed E-state index contributed by atoms with van der Waals surface area (Å²) in [5.41, 5.74) is 1.98. The van der Waals surface area contributed by atoms with Gasteiger partial charge in [-0.3, -0.25) is 14.3 Å². The van der Waals surface area contributed by atoms with Crippen LogP contribution in [0.15, 0.2) is 30.3 Å². The van der Waals surface area contributed by atoms with Crippen LogP contribution in [0.25, 0.3) is 10.2 Å². The van der Waals surface area contributed by atoms with Gasteiger partial charge in [0.05, 0.1) is 24.2 Å². The molecule has 1 N–H and O–H groups in total. The first-order valence-corrected chi connectivity index (χ1v) is 9.74. The van der Waals surface area contributed by atoms with Crippen LogP contribution in [0.5, 0.6) is 0 Å². The van der Waals surface area contributed by atoms with E-state index in [1.54, 1.807) is 0 Å². The molecule has 0 atom stereocenters. The Hall–Kier alpha value is -2.38. The normalized spacial score (nSPS) is 10.9. The molecule has 0 saturated heterocycles. The number of nitrogens with zero attached hydrogens (tertiary/aromatic N) is 2. The fraction of sp³-hybridized carbons (Fsp3) is 0.316. The average Bonchev–Trinajstić information content (AvgIpc) is 3.22. The summed E-state index contributed by atoms with van der Waals surface area (Å²) in [5, 5.41) is 9.10. The predicted octanol–water partition coefficient (Wildman–Crippen LogP) is 3.79. The summed E-state index contributed by atoms with van der Waals surface area (Å²) >= 11 is 7.35. The van der Waals surface area contributed by atoms with Crippen LogP contribution in [0, 0.1) is 6.92 Å². The third kappa shape index (κ3) is 4.67. The zero-order valence-electron chi connectivity index (χ0n) is 15.1. The number of halogens is 1. The molecule has 1 amide bonds. The lowest BCUT2D eigenvalue weighted by atomic mass is 10.2. The van der Waals surface area contributed by atoms with Crippen molar-refractivity contribution in [3.05, 3.63) is 51.5 Å². The van der Waals surface area contributed by atoms with Crippen LogP contribution in [-0.2, 0) is 16.1 Å². The van der Waals surface area contributed by atoms with E-state index in [1.807, 2.05) is 41.9 Å². The zero-order valence-corrected chi connectivity index (χ0v) is 16.7. The molecule has 0 aliphatic rings. The Morgan fingerprint density at radius 2 is 2.04 bits per heavy atom. The van der Waals surface area contributed by atoms with Crippen LogP contribution < -0.4 is 5.32 Å². The predicted molar refractivity (Wildman–Crippen MR) is 106 cm³/mol. The lowest BCUT2D eigenvalue weighted by molar-refractivity contribution is -0.140. The number of fused-ring (bicyclic) bond motifs is 1. The number of carbonyl (C=O) groups is 2. The van der Waals surface area contributed by atoms with Gasteiger partial charge in [-0.15, -0.1) is 11.3 Å². The molecular weight excluding hydrogens is 386 g/mol. The molecule has 0 bridgehead atoms. The van der Waals surface area contributed by atoms with Gasteiger partial charge in [0.1, 0.15) is 4.83 Å². The van der Waals surface area contributed by atoms with Gasteiger partial charge in [-0.2, -0.15) is 5.10 Å². The summed E-state index contributed by atoms with van der Waals surface area (Å²) in [5.74, 6) is -0.414. The molecule has 0 fully saturated rings. The molecule has 0 unspecified atom stereocenters. The van der Waals surface area contributed by atoms with Gasteiger partial charge in [0.25, 0.3) is 5.91 Å². The summed E-state index contributed by atoms with van der Waals surface area (Å²) in [6.07, 6.45) is 0.838. The Labute approximate surface area is 166 Å². The monoisotopic (exact) mass is 405 g/mol. The maximum Gasteiger partial charge on any atom is 0.305 e. The van der Waals surface area contributed by atoms with E-state index in [9.17, 15) is 9.59 Å². The number of thiophene rings is 1. The first kappa shape index (κ1) is 19.4. The minimum Gasteiger partial charge on any atom is -0.469 e. The van der Waals surface area contributed by atoms with Gasteiger partial charge in [-0.25, -0.2) is 0 Å². The summed E-state index contributed by atoms with van der Waals surface area (Å²) in [6.45, 7) is 2.98. The highest BCUT2D eigenvalue weighted by Crippen LogP contribution is 2.29. The minimum atomic E-state index is -0.274. The van der Waals surface area contributed by atoms with Crippen molar-refractivity contribution >= 4 is 45.0 Å². The standard InChI is InChI=1S/C19H20ClN3O3S/c1-12-15-10-16(18(25)21-9-3-4-17(24)26-2)27-19(15)23(22-12)11-13-5-7-14(20)8-6-13/h5-8,10H,3-4,9,11H2,1-2H3,(H,21,25). The Balaban J connectivity index is 1.70. The summed E-state index contributed by atoms with van der Waals surface area (Å²) < 4.78 is 6.50. The van der Waals surface area contributed by atoms with Crippen LogP contribution in [0.2, 0.25) is 5.02 Å². The molecule has 3 aromatic rings. The van der Waals surface area contributed by atoms with Gasteiger partial charge in [-0.1, -0.05) is 23.7 Å². The molecule has 0 aliphatic carbocycles. The number of aryl methyl sites for hydroxylation is 1. The number of rotatable bonds is 7. The second kappa shape index (κ2) is 8.54. The van der Waals surface area contributed by atoms with Crippen LogP contribution in [0.1, 0.15) is 33.8 Å². The number of benzene rings is 1. The molecule has 0 saturated carbocycles. The smallest absolute Gasteiger partial charge is 0.305 e. The molecule has 2 aromatic heterocycles. The average molecular weight is 406 g/mol. The molecule has 1 aromatic carbocycles. The number of hydrogen-bond acceptors (Lipinski definition) is 5. The van der Waals surface area contributed by atoms with Gasteiger partial charge in [0, 0.05) is 23.4 Å². The number of aromatic nitrogens is 2. The van der Waals surface area contributed by atoms with E-state index in [1.165, 1.54) is 18.4 Å². The molecule has 0 aliphatic heterocycles. The molecule has 27 heavy (non-hydrogen) atoms. The van der Waals surface area contributed by atoms with Crippen molar-refractivity contribution in [1.29, 1.82) is 0 Å². The van der Waals surface area contributed by atoms with E-state index in [2.05, 4.69) is 15.2 Å². The minimum absolute atomic E-state index is 0.140. The Morgan fingerprint density at radius 1 is 1.30 bits per heavy atom. The van der Waals surface area contributed by atoms with E-state index >= 15 is 0 Å². The number of nitrogens with one attached hydrogen (secondary N) is 1. The fourth-order valence-corrected chi connectivity index (χ4v) is 3.92. The number of amides is 1. The zero-order chi connectivity index (χ0) is 19.4. The summed E-state index contributed by atoms with van der Waals surface area (Å²) in [6, 6.07) is 9.51. The molecule has 0 spiro atoms. The molecule has 3 rings (SSSR count). The lowest BCUT2D eigenvalue weighted by Gasteiger charge is -2.04. The van der Waals surface area contributed by atoms with Gasteiger partial charge < -0.3 is 10.1 Å². The van der Waals surface area contributed by atoms with Crippen molar-refractivity contribution < 1.29 is 14.3 Å². The highest BCUT2D eigenvalue weighted by Gasteiger charge is 2.16. The van der Waals surface area contributed by atoms with Gasteiger partial charge >= 0.3 is 5.97 Å². The Morgan fingerprint density at radius 3 is 2.74 bits per heavy atom.